The van der Waals surface area contributed by atoms with E-state index in [2.05, 4.69) is 0 Å². The number of benzene rings is 1. The average molecular weight is 252 g/mol. The topological polar surface area (TPSA) is 55.8 Å². The second kappa shape index (κ2) is 3.86. The minimum atomic E-state index is -0.907. The first-order valence-electron chi connectivity index (χ1n) is 5.90. The monoisotopic (exact) mass is 252 g/mol. The lowest BCUT2D eigenvalue weighted by Gasteiger charge is -2.24. The number of hydrogen-bond acceptors (Lipinski definition) is 3. The SMILES string of the molecule is O=C(O)C1(c2cc(CF)cc3c2OCCO3)CC1. The fourth-order valence-electron chi connectivity index (χ4n) is 2.37. The van der Waals surface area contributed by atoms with Crippen molar-refractivity contribution in [2.24, 2.45) is 0 Å². The molecule has 5 heteroatoms. The Kier molecular flexibility index (Phi) is 2.43. The van der Waals surface area contributed by atoms with Gasteiger partial charge in [-0.1, -0.05) is 0 Å². The molecule has 0 atom stereocenters. The summed E-state index contributed by atoms with van der Waals surface area (Å²) in [5.41, 5.74) is 0.0808. The number of rotatable bonds is 3. The van der Waals surface area contributed by atoms with Crippen molar-refractivity contribution in [3.8, 4) is 11.5 Å². The number of ether oxygens (including phenoxy) is 2. The van der Waals surface area contributed by atoms with Crippen LogP contribution in [0.25, 0.3) is 0 Å². The standard InChI is InChI=1S/C13H13FO4/c14-7-8-5-9(13(1-2-13)12(15)16)11-10(6-8)17-3-4-18-11/h5-6H,1-4,7H2,(H,15,16). The lowest BCUT2D eigenvalue weighted by Crippen LogP contribution is -2.24. The maximum Gasteiger partial charge on any atom is 0.314 e. The summed E-state index contributed by atoms with van der Waals surface area (Å²) >= 11 is 0. The molecule has 1 N–H and O–H groups in total. The molecule has 1 aliphatic carbocycles. The molecule has 96 valence electrons. The van der Waals surface area contributed by atoms with Gasteiger partial charge in [-0.2, -0.15) is 0 Å². The molecular formula is C13H13FO4. The van der Waals surface area contributed by atoms with Gasteiger partial charge in [0.05, 0.1) is 5.41 Å². The molecule has 0 radical (unpaired) electrons. The molecule has 1 aliphatic heterocycles. The zero-order valence-corrected chi connectivity index (χ0v) is 9.74. The predicted molar refractivity (Wildman–Crippen MR) is 60.8 cm³/mol. The lowest BCUT2D eigenvalue weighted by molar-refractivity contribution is -0.140. The van der Waals surface area contributed by atoms with Crippen LogP contribution in [0.3, 0.4) is 0 Å². The van der Waals surface area contributed by atoms with Crippen molar-refractivity contribution >= 4 is 5.97 Å². The Labute approximate surface area is 103 Å². The fourth-order valence-corrected chi connectivity index (χ4v) is 2.37. The molecule has 0 unspecified atom stereocenters. The van der Waals surface area contributed by atoms with Crippen LogP contribution in [0.15, 0.2) is 12.1 Å². The van der Waals surface area contributed by atoms with Crippen LogP contribution < -0.4 is 9.47 Å². The Bertz CT molecular complexity index is 508. The van der Waals surface area contributed by atoms with E-state index >= 15 is 0 Å². The summed E-state index contributed by atoms with van der Waals surface area (Å²) in [7, 11) is 0. The highest BCUT2D eigenvalue weighted by molar-refractivity contribution is 5.86. The lowest BCUT2D eigenvalue weighted by atomic mass is 9.93. The fraction of sp³-hybridized carbons (Fsp3) is 0.462. The zero-order chi connectivity index (χ0) is 12.8. The average Bonchev–Trinajstić information content (AvgIpc) is 3.19. The van der Waals surface area contributed by atoms with Gasteiger partial charge in [0.2, 0.25) is 0 Å². The van der Waals surface area contributed by atoms with Crippen LogP contribution in [-0.4, -0.2) is 24.3 Å². The van der Waals surface area contributed by atoms with Crippen molar-refractivity contribution in [2.75, 3.05) is 13.2 Å². The largest absolute Gasteiger partial charge is 0.486 e. The molecule has 1 aromatic rings. The Morgan fingerprint density at radius 1 is 1.33 bits per heavy atom. The summed E-state index contributed by atoms with van der Waals surface area (Å²) in [5.74, 6) is 0.0483. The van der Waals surface area contributed by atoms with Gasteiger partial charge in [0.1, 0.15) is 19.9 Å². The van der Waals surface area contributed by atoms with E-state index in [1.165, 1.54) is 0 Å². The molecule has 1 fully saturated rings. The number of carboxylic acid groups (broad SMARTS) is 1. The summed E-state index contributed by atoms with van der Waals surface area (Å²) in [5, 5.41) is 9.33. The molecule has 4 nitrogen and oxygen atoms in total. The Morgan fingerprint density at radius 3 is 2.67 bits per heavy atom. The third-order valence-electron chi connectivity index (χ3n) is 3.53. The van der Waals surface area contributed by atoms with Crippen LogP contribution >= 0.6 is 0 Å². The van der Waals surface area contributed by atoms with Gasteiger partial charge in [-0.05, 0) is 30.5 Å². The van der Waals surface area contributed by atoms with Crippen molar-refractivity contribution in [1.82, 2.24) is 0 Å². The highest BCUT2D eigenvalue weighted by atomic mass is 19.1. The van der Waals surface area contributed by atoms with Crippen LogP contribution in [0.4, 0.5) is 4.39 Å². The summed E-state index contributed by atoms with van der Waals surface area (Å²) in [6.45, 7) is 0.159. The number of hydrogen-bond donors (Lipinski definition) is 1. The van der Waals surface area contributed by atoms with E-state index in [0.717, 1.165) is 0 Å². The van der Waals surface area contributed by atoms with E-state index in [-0.39, 0.29) is 0 Å². The van der Waals surface area contributed by atoms with E-state index in [1.54, 1.807) is 12.1 Å². The number of halogens is 1. The van der Waals surface area contributed by atoms with Crippen molar-refractivity contribution in [3.05, 3.63) is 23.3 Å². The van der Waals surface area contributed by atoms with Crippen molar-refractivity contribution in [2.45, 2.75) is 24.9 Å². The molecule has 0 spiro atoms. The van der Waals surface area contributed by atoms with E-state index in [0.29, 0.717) is 48.7 Å². The van der Waals surface area contributed by atoms with E-state index in [1.807, 2.05) is 0 Å². The van der Waals surface area contributed by atoms with Crippen LogP contribution in [-0.2, 0) is 16.9 Å². The van der Waals surface area contributed by atoms with E-state index < -0.39 is 18.1 Å². The highest BCUT2D eigenvalue weighted by Gasteiger charge is 2.54. The first-order chi connectivity index (χ1) is 8.67. The van der Waals surface area contributed by atoms with Gasteiger partial charge in [0.15, 0.2) is 11.5 Å². The second-order valence-electron chi connectivity index (χ2n) is 4.69. The van der Waals surface area contributed by atoms with Crippen LogP contribution in [0.2, 0.25) is 0 Å². The Morgan fingerprint density at radius 2 is 2.06 bits per heavy atom. The van der Waals surface area contributed by atoms with Gasteiger partial charge in [0, 0.05) is 5.56 Å². The molecule has 2 aliphatic rings. The van der Waals surface area contributed by atoms with E-state index in [9.17, 15) is 14.3 Å². The van der Waals surface area contributed by atoms with E-state index in [4.69, 9.17) is 9.47 Å². The molecule has 0 saturated heterocycles. The van der Waals surface area contributed by atoms with Crippen LogP contribution in [0.1, 0.15) is 24.0 Å². The number of carbonyl (C=O) groups is 1. The molecule has 18 heavy (non-hydrogen) atoms. The quantitative estimate of drug-likeness (QED) is 0.894. The predicted octanol–water partition coefficient (Wildman–Crippen LogP) is 2.04. The summed E-state index contributed by atoms with van der Waals surface area (Å²) in [6, 6.07) is 3.17. The Hall–Kier alpha value is -1.78. The maximum absolute atomic E-state index is 12.8. The van der Waals surface area contributed by atoms with Gasteiger partial charge in [-0.3, -0.25) is 4.79 Å². The zero-order valence-electron chi connectivity index (χ0n) is 9.74. The summed E-state index contributed by atoms with van der Waals surface area (Å²) in [6.07, 6.45) is 1.13. The molecule has 1 saturated carbocycles. The maximum atomic E-state index is 12.8. The molecular weight excluding hydrogens is 239 g/mol. The van der Waals surface area contributed by atoms with Gasteiger partial charge >= 0.3 is 5.97 Å². The normalized spacial score (nSPS) is 19.4. The summed E-state index contributed by atoms with van der Waals surface area (Å²) in [4.78, 5) is 11.4. The molecule has 1 heterocycles. The number of fused-ring (bicyclic) bond motifs is 1. The minimum absolute atomic E-state index is 0.394. The van der Waals surface area contributed by atoms with Gasteiger partial charge in [-0.25, -0.2) is 4.39 Å². The first-order valence-corrected chi connectivity index (χ1v) is 5.90. The van der Waals surface area contributed by atoms with Gasteiger partial charge in [0.25, 0.3) is 0 Å². The third kappa shape index (κ3) is 1.54. The second-order valence-corrected chi connectivity index (χ2v) is 4.69. The molecule has 0 amide bonds. The van der Waals surface area contributed by atoms with Gasteiger partial charge in [-0.15, -0.1) is 0 Å². The van der Waals surface area contributed by atoms with Crippen LogP contribution in [0.5, 0.6) is 11.5 Å². The molecule has 3 rings (SSSR count). The Balaban J connectivity index is 2.15. The molecule has 0 bridgehead atoms. The number of alkyl halides is 1. The summed E-state index contributed by atoms with van der Waals surface area (Å²) < 4.78 is 23.8. The molecule has 0 aromatic heterocycles. The highest BCUT2D eigenvalue weighted by Crippen LogP contribution is 2.54. The smallest absolute Gasteiger partial charge is 0.314 e. The van der Waals surface area contributed by atoms with Crippen molar-refractivity contribution in [3.63, 3.8) is 0 Å². The molecule has 1 aromatic carbocycles. The van der Waals surface area contributed by atoms with Crippen LogP contribution in [0, 0.1) is 0 Å². The van der Waals surface area contributed by atoms with Gasteiger partial charge < -0.3 is 14.6 Å². The number of aliphatic carboxylic acids is 1. The minimum Gasteiger partial charge on any atom is -0.486 e. The first kappa shape index (κ1) is 11.3. The number of carboxylic acids is 1. The van der Waals surface area contributed by atoms with Crippen molar-refractivity contribution in [1.29, 1.82) is 0 Å². The van der Waals surface area contributed by atoms with Crippen molar-refractivity contribution < 1.29 is 23.8 Å². The third-order valence-corrected chi connectivity index (χ3v) is 3.53.